The lowest BCUT2D eigenvalue weighted by molar-refractivity contribution is 0.470. The molecule has 1 aromatic carbocycles. The van der Waals surface area contributed by atoms with E-state index in [0.717, 1.165) is 39.0 Å². The lowest BCUT2D eigenvalue weighted by Gasteiger charge is -2.11. The molecule has 0 unspecified atom stereocenters. The van der Waals surface area contributed by atoms with Gasteiger partial charge in [-0.2, -0.15) is 5.10 Å². The Bertz CT molecular complexity index is 1030. The zero-order valence-corrected chi connectivity index (χ0v) is 13.9. The van der Waals surface area contributed by atoms with Gasteiger partial charge in [0, 0.05) is 27.8 Å². The Morgan fingerprint density at radius 2 is 2.08 bits per heavy atom. The van der Waals surface area contributed by atoms with Crippen molar-refractivity contribution in [3.8, 4) is 5.69 Å². The molecule has 0 saturated carbocycles. The van der Waals surface area contributed by atoms with Crippen LogP contribution in [0.15, 0.2) is 36.5 Å². The van der Waals surface area contributed by atoms with E-state index in [-0.39, 0.29) is 6.67 Å². The van der Waals surface area contributed by atoms with E-state index in [1.807, 2.05) is 31.2 Å². The van der Waals surface area contributed by atoms with Crippen molar-refractivity contribution in [2.24, 2.45) is 0 Å². The fourth-order valence-electron chi connectivity index (χ4n) is 3.07. The van der Waals surface area contributed by atoms with E-state index in [4.69, 9.17) is 11.6 Å². The topological polar surface area (TPSA) is 46.5 Å². The van der Waals surface area contributed by atoms with Gasteiger partial charge in [-0.3, -0.25) is 14.1 Å². The quantitative estimate of drug-likeness (QED) is 0.581. The fraction of sp³-hybridized carbons (Fsp3) is 0.222. The highest BCUT2D eigenvalue weighted by molar-refractivity contribution is 6.35. The number of benzene rings is 1. The Balaban J connectivity index is 1.99. The maximum Gasteiger partial charge on any atom is 0.144 e. The number of hydrogen-bond donors (Lipinski definition) is 1. The molecule has 4 rings (SSSR count). The monoisotopic (exact) mass is 342 g/mol. The lowest BCUT2D eigenvalue weighted by atomic mass is 10.2. The highest BCUT2D eigenvalue weighted by Gasteiger charge is 2.14. The van der Waals surface area contributed by atoms with Crippen LogP contribution in [0.4, 0.5) is 4.39 Å². The zero-order chi connectivity index (χ0) is 16.7. The van der Waals surface area contributed by atoms with Gasteiger partial charge in [-0.1, -0.05) is 11.6 Å². The Kier molecular flexibility index (Phi) is 3.73. The summed E-state index contributed by atoms with van der Waals surface area (Å²) in [5.41, 5.74) is 4.55. The summed E-state index contributed by atoms with van der Waals surface area (Å²) in [7, 11) is 0. The van der Waals surface area contributed by atoms with Gasteiger partial charge in [-0.15, -0.1) is 0 Å². The molecule has 0 spiro atoms. The molecule has 0 atom stereocenters. The molecule has 4 nitrogen and oxygen atoms in total. The van der Waals surface area contributed by atoms with Crippen LogP contribution in [0.2, 0.25) is 5.02 Å². The van der Waals surface area contributed by atoms with E-state index in [9.17, 15) is 4.39 Å². The van der Waals surface area contributed by atoms with Gasteiger partial charge >= 0.3 is 0 Å². The van der Waals surface area contributed by atoms with E-state index >= 15 is 0 Å². The molecule has 6 heteroatoms. The molecule has 0 aliphatic heterocycles. The molecule has 0 aliphatic carbocycles. The lowest BCUT2D eigenvalue weighted by Crippen LogP contribution is -2.02. The fourth-order valence-corrected chi connectivity index (χ4v) is 3.34. The van der Waals surface area contributed by atoms with Crippen LogP contribution in [-0.2, 0) is 6.42 Å². The summed E-state index contributed by atoms with van der Waals surface area (Å²) in [5.74, 6) is 0. The third-order valence-corrected chi connectivity index (χ3v) is 4.47. The SMILES string of the molecule is Cc1ccc2cc(CCCF)n(-c3cc(Cl)c4[nH]ncc4c3)c2n1. The van der Waals surface area contributed by atoms with Crippen molar-refractivity contribution in [1.82, 2.24) is 19.7 Å². The number of halogens is 2. The number of pyridine rings is 1. The molecule has 1 N–H and O–H groups in total. The highest BCUT2D eigenvalue weighted by Crippen LogP contribution is 2.30. The Morgan fingerprint density at radius 1 is 1.21 bits per heavy atom. The maximum absolute atomic E-state index is 12.7. The van der Waals surface area contributed by atoms with Crippen LogP contribution in [0, 0.1) is 6.92 Å². The van der Waals surface area contributed by atoms with Crippen molar-refractivity contribution in [2.45, 2.75) is 19.8 Å². The van der Waals surface area contributed by atoms with Crippen molar-refractivity contribution in [1.29, 1.82) is 0 Å². The van der Waals surface area contributed by atoms with Crippen molar-refractivity contribution >= 4 is 33.5 Å². The predicted molar refractivity (Wildman–Crippen MR) is 94.8 cm³/mol. The molecule has 0 saturated heterocycles. The van der Waals surface area contributed by atoms with Crippen LogP contribution in [0.25, 0.3) is 27.6 Å². The molecule has 122 valence electrons. The van der Waals surface area contributed by atoms with Crippen LogP contribution < -0.4 is 0 Å². The smallest absolute Gasteiger partial charge is 0.144 e. The summed E-state index contributed by atoms with van der Waals surface area (Å²) in [6, 6.07) is 10.0. The molecule has 0 amide bonds. The van der Waals surface area contributed by atoms with Gasteiger partial charge in [0.1, 0.15) is 5.65 Å². The number of nitrogens with zero attached hydrogens (tertiary/aromatic N) is 3. The summed E-state index contributed by atoms with van der Waals surface area (Å²) in [6.07, 6.45) is 2.88. The summed E-state index contributed by atoms with van der Waals surface area (Å²) < 4.78 is 14.8. The van der Waals surface area contributed by atoms with Crippen LogP contribution in [0.5, 0.6) is 0 Å². The number of alkyl halides is 1. The van der Waals surface area contributed by atoms with Crippen molar-refractivity contribution in [2.75, 3.05) is 6.67 Å². The van der Waals surface area contributed by atoms with Crippen LogP contribution in [0.3, 0.4) is 0 Å². The molecule has 3 heterocycles. The van der Waals surface area contributed by atoms with Crippen LogP contribution in [0.1, 0.15) is 17.8 Å². The van der Waals surface area contributed by atoms with E-state index in [0.29, 0.717) is 17.9 Å². The summed E-state index contributed by atoms with van der Waals surface area (Å²) in [6.45, 7) is 1.62. The van der Waals surface area contributed by atoms with E-state index in [2.05, 4.69) is 25.8 Å². The first-order chi connectivity index (χ1) is 11.7. The third kappa shape index (κ3) is 2.45. The van der Waals surface area contributed by atoms with E-state index < -0.39 is 0 Å². The summed E-state index contributed by atoms with van der Waals surface area (Å²) >= 11 is 6.39. The minimum atomic E-state index is -0.338. The Morgan fingerprint density at radius 3 is 2.92 bits per heavy atom. The molecule has 24 heavy (non-hydrogen) atoms. The summed E-state index contributed by atoms with van der Waals surface area (Å²) in [4.78, 5) is 4.68. The van der Waals surface area contributed by atoms with Crippen molar-refractivity contribution < 1.29 is 4.39 Å². The highest BCUT2D eigenvalue weighted by atomic mass is 35.5. The normalized spacial score (nSPS) is 11.6. The third-order valence-electron chi connectivity index (χ3n) is 4.18. The number of fused-ring (bicyclic) bond motifs is 2. The largest absolute Gasteiger partial charge is 0.298 e. The molecule has 0 bridgehead atoms. The summed E-state index contributed by atoms with van der Waals surface area (Å²) in [5, 5.41) is 9.52. The molecule has 0 aliphatic rings. The van der Waals surface area contributed by atoms with Gasteiger partial charge in [-0.05, 0) is 50.1 Å². The van der Waals surface area contributed by atoms with Gasteiger partial charge in [0.2, 0.25) is 0 Å². The maximum atomic E-state index is 12.7. The molecule has 0 fully saturated rings. The first-order valence-corrected chi connectivity index (χ1v) is 8.22. The van der Waals surface area contributed by atoms with Gasteiger partial charge in [0.15, 0.2) is 0 Å². The number of H-pyrrole nitrogens is 1. The molecular weight excluding hydrogens is 327 g/mol. The van der Waals surface area contributed by atoms with E-state index in [1.165, 1.54) is 0 Å². The number of hydrogen-bond acceptors (Lipinski definition) is 2. The molecule has 0 radical (unpaired) electrons. The molecular formula is C18H16ClFN4. The number of nitrogens with one attached hydrogen (secondary N) is 1. The van der Waals surface area contributed by atoms with Gasteiger partial charge in [-0.25, -0.2) is 4.98 Å². The minimum Gasteiger partial charge on any atom is -0.298 e. The van der Waals surface area contributed by atoms with Gasteiger partial charge in [0.25, 0.3) is 0 Å². The van der Waals surface area contributed by atoms with Gasteiger partial charge < -0.3 is 0 Å². The van der Waals surface area contributed by atoms with Gasteiger partial charge in [0.05, 0.1) is 23.4 Å². The van der Waals surface area contributed by atoms with Crippen LogP contribution >= 0.6 is 11.6 Å². The van der Waals surface area contributed by atoms with Crippen molar-refractivity contribution in [3.05, 3.63) is 52.9 Å². The second kappa shape index (κ2) is 5.91. The first-order valence-electron chi connectivity index (χ1n) is 7.84. The number of aromatic nitrogens is 4. The number of aromatic amines is 1. The standard InChI is InChI=1S/C18H16ClFN4/c1-11-4-5-12-7-14(3-2-6-20)24(18(12)22-11)15-8-13-10-21-23-17(13)16(19)9-15/h4-5,7-10H,2-3,6H2,1H3,(H,21,23). The second-order valence-corrected chi connectivity index (χ2v) is 6.30. The van der Waals surface area contributed by atoms with Crippen LogP contribution in [-0.4, -0.2) is 26.4 Å². The van der Waals surface area contributed by atoms with Crippen molar-refractivity contribution in [3.63, 3.8) is 0 Å². The second-order valence-electron chi connectivity index (χ2n) is 5.89. The average molecular weight is 343 g/mol. The average Bonchev–Trinajstić information content (AvgIpc) is 3.16. The van der Waals surface area contributed by atoms with E-state index in [1.54, 1.807) is 6.20 Å². The Hall–Kier alpha value is -2.40. The number of aryl methyl sites for hydroxylation is 2. The number of rotatable bonds is 4. The zero-order valence-electron chi connectivity index (χ0n) is 13.2. The Labute approximate surface area is 143 Å². The molecule has 4 aromatic rings. The predicted octanol–water partition coefficient (Wildman–Crippen LogP) is 4.77. The molecule has 3 aromatic heterocycles. The first kappa shape index (κ1) is 15.1. The minimum absolute atomic E-state index is 0.338.